The maximum absolute atomic E-state index is 4.27. The molecule has 0 amide bonds. The van der Waals surface area contributed by atoms with Gasteiger partial charge >= 0.3 is 0 Å². The second-order valence-electron chi connectivity index (χ2n) is 17.1. The molecule has 2 aliphatic carbocycles. The lowest BCUT2D eigenvalue weighted by atomic mass is 9.78. The summed E-state index contributed by atoms with van der Waals surface area (Å²) in [6, 6.07) is 63.8. The van der Waals surface area contributed by atoms with Gasteiger partial charge in [-0.25, -0.2) is 0 Å². The van der Waals surface area contributed by atoms with Crippen LogP contribution in [-0.2, 0) is 10.8 Å². The summed E-state index contributed by atoms with van der Waals surface area (Å²) < 4.78 is 0. The Bertz CT molecular complexity index is 2830. The SMILES string of the molecule is C=C/C(=C\C=C(/C)N(c1ccc(-c2ccccc2)cc1)c1ccc(-c2ccc3c(c2)C(C)(C)C(c2ccccc2)=C3)cc1)c1ccc2c(c1)C(C)(C)C(c1ccccc1)=C2. The number of fused-ring (bicyclic) bond motifs is 2. The molecule has 1 nitrogen and oxygen atoms in total. The number of hydrogen-bond acceptors (Lipinski definition) is 1. The molecule has 2 aliphatic rings. The molecule has 9 rings (SSSR count). The highest BCUT2D eigenvalue weighted by atomic mass is 15.1. The zero-order valence-electron chi connectivity index (χ0n) is 35.3. The van der Waals surface area contributed by atoms with Crippen LogP contribution in [0.4, 0.5) is 11.4 Å². The van der Waals surface area contributed by atoms with Crippen molar-refractivity contribution in [2.24, 2.45) is 0 Å². The van der Waals surface area contributed by atoms with Crippen LogP contribution in [0.15, 0.2) is 206 Å². The molecule has 0 aromatic heterocycles. The quantitative estimate of drug-likeness (QED) is 0.125. The fraction of sp³-hybridized carbons (Fsp3) is 0.119. The summed E-state index contributed by atoms with van der Waals surface area (Å²) in [5.41, 5.74) is 20.7. The lowest BCUT2D eigenvalue weighted by molar-refractivity contribution is 0.703. The van der Waals surface area contributed by atoms with E-state index in [1.54, 1.807) is 0 Å². The van der Waals surface area contributed by atoms with Crippen LogP contribution >= 0.6 is 0 Å². The molecule has 7 aromatic rings. The van der Waals surface area contributed by atoms with Crippen molar-refractivity contribution in [3.05, 3.63) is 245 Å². The smallest absolute Gasteiger partial charge is 0.0458 e. The summed E-state index contributed by atoms with van der Waals surface area (Å²) in [5.74, 6) is 0. The number of rotatable bonds is 10. The fourth-order valence-electron chi connectivity index (χ4n) is 9.25. The van der Waals surface area contributed by atoms with Crippen LogP contribution in [0, 0.1) is 0 Å². The first kappa shape index (κ1) is 38.6. The Morgan fingerprint density at radius 2 is 0.867 bits per heavy atom. The first-order valence-electron chi connectivity index (χ1n) is 21.0. The summed E-state index contributed by atoms with van der Waals surface area (Å²) >= 11 is 0. The van der Waals surface area contributed by atoms with Gasteiger partial charge in [0.25, 0.3) is 0 Å². The van der Waals surface area contributed by atoms with E-state index in [-0.39, 0.29) is 10.8 Å². The molecule has 0 aliphatic heterocycles. The number of allylic oxidation sites excluding steroid dienone is 7. The highest BCUT2D eigenvalue weighted by Gasteiger charge is 2.35. The van der Waals surface area contributed by atoms with Crippen LogP contribution in [0.2, 0.25) is 0 Å². The summed E-state index contributed by atoms with van der Waals surface area (Å²) in [5, 5.41) is 0. The van der Waals surface area contributed by atoms with Crippen LogP contribution in [0.3, 0.4) is 0 Å². The Kier molecular flexibility index (Phi) is 10.1. The van der Waals surface area contributed by atoms with Gasteiger partial charge in [-0.3, -0.25) is 0 Å². The van der Waals surface area contributed by atoms with Gasteiger partial charge < -0.3 is 4.90 Å². The van der Waals surface area contributed by atoms with E-state index in [0.717, 1.165) is 28.2 Å². The van der Waals surface area contributed by atoms with Gasteiger partial charge in [0, 0.05) is 27.9 Å². The molecule has 0 spiro atoms. The van der Waals surface area contributed by atoms with E-state index < -0.39 is 0 Å². The van der Waals surface area contributed by atoms with Gasteiger partial charge in [0.2, 0.25) is 0 Å². The molecular weight excluding hydrogens is 723 g/mol. The van der Waals surface area contributed by atoms with E-state index in [4.69, 9.17) is 0 Å². The van der Waals surface area contributed by atoms with Crippen molar-refractivity contribution in [1.29, 1.82) is 0 Å². The molecule has 7 aromatic carbocycles. The predicted octanol–water partition coefficient (Wildman–Crippen LogP) is 16.0. The molecule has 0 fully saturated rings. The zero-order valence-corrected chi connectivity index (χ0v) is 35.3. The maximum atomic E-state index is 4.27. The average molecular weight is 774 g/mol. The van der Waals surface area contributed by atoms with Crippen molar-refractivity contribution in [1.82, 2.24) is 0 Å². The van der Waals surface area contributed by atoms with Crippen molar-refractivity contribution in [3.8, 4) is 22.3 Å². The molecule has 292 valence electrons. The van der Waals surface area contributed by atoms with E-state index >= 15 is 0 Å². The van der Waals surface area contributed by atoms with E-state index in [0.29, 0.717) is 0 Å². The normalized spacial score (nSPS) is 15.2. The monoisotopic (exact) mass is 773 g/mol. The van der Waals surface area contributed by atoms with Crippen LogP contribution < -0.4 is 4.90 Å². The van der Waals surface area contributed by atoms with Crippen molar-refractivity contribution in [2.75, 3.05) is 4.90 Å². The summed E-state index contributed by atoms with van der Waals surface area (Å²) in [6.45, 7) is 15.8. The van der Waals surface area contributed by atoms with Gasteiger partial charge in [-0.15, -0.1) is 0 Å². The average Bonchev–Trinajstić information content (AvgIpc) is 3.72. The van der Waals surface area contributed by atoms with Gasteiger partial charge in [0.05, 0.1) is 0 Å². The van der Waals surface area contributed by atoms with Crippen molar-refractivity contribution < 1.29 is 0 Å². The summed E-state index contributed by atoms with van der Waals surface area (Å²) in [6.07, 6.45) is 11.1. The molecule has 1 heteroatoms. The predicted molar refractivity (Wildman–Crippen MR) is 259 cm³/mol. The standard InChI is InChI=1S/C59H51N/c1-7-42(48-25-27-50-39-54(46-19-13-9-14-20-46)58(3,4)56(50)37-48)24-23-41(2)60(52-33-29-44(30-34-52)43-17-11-8-12-18-43)53-35-31-45(32-36-53)49-26-28-51-40-55(47-21-15-10-16-22-47)59(5,6)57(51)38-49/h7-40H,1H2,2-6H3/b41-23+,42-24+. The van der Waals surface area contributed by atoms with E-state index in [1.165, 1.54) is 66.8 Å². The Balaban J connectivity index is 1.04. The molecule has 0 atom stereocenters. The first-order valence-corrected chi connectivity index (χ1v) is 21.0. The van der Waals surface area contributed by atoms with Crippen LogP contribution in [0.5, 0.6) is 0 Å². The largest absolute Gasteiger partial charge is 0.315 e. The Hall–Kier alpha value is -6.96. The third kappa shape index (κ3) is 7.11. The van der Waals surface area contributed by atoms with Crippen LogP contribution in [0.25, 0.3) is 51.1 Å². The molecule has 60 heavy (non-hydrogen) atoms. The molecule has 0 saturated carbocycles. The first-order chi connectivity index (χ1) is 29.1. The van der Waals surface area contributed by atoms with Crippen LogP contribution in [-0.4, -0.2) is 0 Å². The molecule has 0 heterocycles. The molecule has 0 saturated heterocycles. The zero-order chi connectivity index (χ0) is 41.4. The van der Waals surface area contributed by atoms with Crippen LogP contribution in [0.1, 0.15) is 73.6 Å². The number of benzene rings is 7. The van der Waals surface area contributed by atoms with E-state index in [2.05, 4.69) is 246 Å². The third-order valence-electron chi connectivity index (χ3n) is 12.7. The van der Waals surface area contributed by atoms with Gasteiger partial charge in [-0.2, -0.15) is 0 Å². The molecule has 0 radical (unpaired) electrons. The van der Waals surface area contributed by atoms with Gasteiger partial charge in [-0.05, 0) is 139 Å². The van der Waals surface area contributed by atoms with Crippen molar-refractivity contribution in [2.45, 2.75) is 45.4 Å². The van der Waals surface area contributed by atoms with Gasteiger partial charge in [0.15, 0.2) is 0 Å². The highest BCUT2D eigenvalue weighted by Crippen LogP contribution is 2.49. The minimum Gasteiger partial charge on any atom is -0.315 e. The molecule has 0 bridgehead atoms. The lowest BCUT2D eigenvalue weighted by Crippen LogP contribution is -2.16. The van der Waals surface area contributed by atoms with Crippen molar-refractivity contribution >= 4 is 40.2 Å². The number of hydrogen-bond donors (Lipinski definition) is 0. The lowest BCUT2D eigenvalue weighted by Gasteiger charge is -2.27. The Morgan fingerprint density at radius 3 is 1.37 bits per heavy atom. The minimum absolute atomic E-state index is 0.0902. The second kappa shape index (κ2) is 15.7. The fourth-order valence-corrected chi connectivity index (χ4v) is 9.25. The summed E-state index contributed by atoms with van der Waals surface area (Å²) in [4.78, 5) is 2.35. The van der Waals surface area contributed by atoms with E-state index in [1.807, 2.05) is 6.08 Å². The highest BCUT2D eigenvalue weighted by molar-refractivity contribution is 5.96. The van der Waals surface area contributed by atoms with Crippen molar-refractivity contribution in [3.63, 3.8) is 0 Å². The van der Waals surface area contributed by atoms with Gasteiger partial charge in [0.1, 0.15) is 0 Å². The Morgan fingerprint density at radius 1 is 0.450 bits per heavy atom. The number of anilines is 2. The minimum atomic E-state index is -0.113. The topological polar surface area (TPSA) is 3.24 Å². The number of nitrogens with zero attached hydrogens (tertiary/aromatic N) is 1. The Labute approximate surface area is 356 Å². The van der Waals surface area contributed by atoms with E-state index in [9.17, 15) is 0 Å². The second-order valence-corrected chi connectivity index (χ2v) is 17.1. The molecule has 0 unspecified atom stereocenters. The molecule has 0 N–H and O–H groups in total. The van der Waals surface area contributed by atoms with Gasteiger partial charge in [-0.1, -0.05) is 186 Å². The maximum Gasteiger partial charge on any atom is 0.0458 e. The molecular formula is C59H51N. The summed E-state index contributed by atoms with van der Waals surface area (Å²) in [7, 11) is 0. The third-order valence-corrected chi connectivity index (χ3v) is 12.7.